The highest BCUT2D eigenvalue weighted by atomic mass is 19.1. The van der Waals surface area contributed by atoms with Crippen LogP contribution in [0.4, 0.5) is 4.39 Å². The molecule has 1 fully saturated rings. The molecule has 1 heterocycles. The molecule has 1 amide bonds. The molecule has 1 atom stereocenters. The van der Waals surface area contributed by atoms with Crippen LogP contribution in [0.15, 0.2) is 18.2 Å². The molecule has 2 rings (SSSR count). The highest BCUT2D eigenvalue weighted by Gasteiger charge is 2.19. The van der Waals surface area contributed by atoms with E-state index in [1.165, 1.54) is 13.2 Å². The van der Waals surface area contributed by atoms with Crippen LogP contribution in [0.5, 0.6) is 5.75 Å². The van der Waals surface area contributed by atoms with Gasteiger partial charge in [-0.15, -0.1) is 0 Å². The molecule has 1 aromatic carbocycles. The van der Waals surface area contributed by atoms with Crippen molar-refractivity contribution in [1.82, 2.24) is 10.2 Å². The molecule has 21 heavy (non-hydrogen) atoms. The van der Waals surface area contributed by atoms with Crippen LogP contribution in [0.3, 0.4) is 0 Å². The Morgan fingerprint density at radius 3 is 2.90 bits per heavy atom. The number of ether oxygens (including phenoxy) is 1. The van der Waals surface area contributed by atoms with Gasteiger partial charge in [-0.05, 0) is 44.0 Å². The van der Waals surface area contributed by atoms with Crippen molar-refractivity contribution in [2.24, 2.45) is 0 Å². The van der Waals surface area contributed by atoms with Gasteiger partial charge in [0.1, 0.15) is 0 Å². The number of nitrogens with zero attached hydrogens (tertiary/aromatic N) is 1. The third kappa shape index (κ3) is 4.17. The summed E-state index contributed by atoms with van der Waals surface area (Å²) in [7, 11) is 1.46. The Labute approximate surface area is 125 Å². The second-order valence-corrected chi connectivity index (χ2v) is 5.41. The predicted octanol–water partition coefficient (Wildman–Crippen LogP) is 2.50. The third-order valence-corrected chi connectivity index (χ3v) is 3.90. The molecule has 1 unspecified atom stereocenters. The van der Waals surface area contributed by atoms with E-state index in [1.54, 1.807) is 6.07 Å². The van der Waals surface area contributed by atoms with Crippen molar-refractivity contribution in [2.75, 3.05) is 26.7 Å². The number of halogens is 1. The van der Waals surface area contributed by atoms with Gasteiger partial charge in [-0.3, -0.25) is 4.79 Å². The first-order valence-electron chi connectivity index (χ1n) is 7.46. The summed E-state index contributed by atoms with van der Waals surface area (Å²) in [5.74, 6) is 0.185. The van der Waals surface area contributed by atoms with Crippen molar-refractivity contribution in [2.45, 2.75) is 32.2 Å². The monoisotopic (exact) mass is 294 g/mol. The fourth-order valence-electron chi connectivity index (χ4n) is 2.60. The Kier molecular flexibility index (Phi) is 5.56. The maximum absolute atomic E-state index is 13.6. The molecule has 0 spiro atoms. The summed E-state index contributed by atoms with van der Waals surface area (Å²) in [6.45, 7) is 4.49. The van der Waals surface area contributed by atoms with Gasteiger partial charge in [0.15, 0.2) is 11.6 Å². The lowest BCUT2D eigenvalue weighted by Crippen LogP contribution is -2.29. The van der Waals surface area contributed by atoms with Crippen LogP contribution in [0.25, 0.3) is 0 Å². The average molecular weight is 294 g/mol. The molecule has 1 aliphatic rings. The fourth-order valence-corrected chi connectivity index (χ4v) is 2.60. The smallest absolute Gasteiger partial charge is 0.222 e. The maximum atomic E-state index is 13.6. The summed E-state index contributed by atoms with van der Waals surface area (Å²) >= 11 is 0. The number of amides is 1. The summed E-state index contributed by atoms with van der Waals surface area (Å²) < 4.78 is 18.6. The number of hydrogen-bond acceptors (Lipinski definition) is 3. The van der Waals surface area contributed by atoms with Gasteiger partial charge in [0.25, 0.3) is 0 Å². The van der Waals surface area contributed by atoms with E-state index in [2.05, 4.69) is 5.32 Å². The quantitative estimate of drug-likeness (QED) is 0.786. The van der Waals surface area contributed by atoms with Crippen LogP contribution in [-0.2, 0) is 4.79 Å². The van der Waals surface area contributed by atoms with Crippen molar-refractivity contribution in [3.05, 3.63) is 29.6 Å². The molecular formula is C16H23FN2O2. The van der Waals surface area contributed by atoms with E-state index < -0.39 is 0 Å². The molecule has 1 saturated heterocycles. The first kappa shape index (κ1) is 15.8. The summed E-state index contributed by atoms with van der Waals surface area (Å²) in [5.41, 5.74) is 0.894. The lowest BCUT2D eigenvalue weighted by Gasteiger charge is -2.18. The van der Waals surface area contributed by atoms with E-state index in [0.29, 0.717) is 6.42 Å². The number of benzene rings is 1. The van der Waals surface area contributed by atoms with Crippen molar-refractivity contribution in [3.8, 4) is 5.75 Å². The largest absolute Gasteiger partial charge is 0.494 e. The molecule has 1 aliphatic heterocycles. The van der Waals surface area contributed by atoms with Crippen LogP contribution in [0, 0.1) is 5.82 Å². The Morgan fingerprint density at radius 1 is 1.48 bits per heavy atom. The van der Waals surface area contributed by atoms with Gasteiger partial charge in [-0.2, -0.15) is 0 Å². The minimum Gasteiger partial charge on any atom is -0.494 e. The van der Waals surface area contributed by atoms with Gasteiger partial charge in [0.05, 0.1) is 7.11 Å². The van der Waals surface area contributed by atoms with Crippen molar-refractivity contribution in [3.63, 3.8) is 0 Å². The molecular weight excluding hydrogens is 271 g/mol. The first-order chi connectivity index (χ1) is 10.1. The molecule has 1 aromatic rings. The van der Waals surface area contributed by atoms with Crippen LogP contribution in [0.2, 0.25) is 0 Å². The molecule has 4 nitrogen and oxygen atoms in total. The fraction of sp³-hybridized carbons (Fsp3) is 0.562. The topological polar surface area (TPSA) is 41.6 Å². The van der Waals surface area contributed by atoms with Crippen LogP contribution >= 0.6 is 0 Å². The van der Waals surface area contributed by atoms with Crippen LogP contribution in [0.1, 0.15) is 37.8 Å². The highest BCUT2D eigenvalue weighted by molar-refractivity contribution is 5.77. The number of hydrogen-bond donors (Lipinski definition) is 1. The molecule has 1 N–H and O–H groups in total. The Hall–Kier alpha value is -1.62. The molecule has 5 heteroatoms. The van der Waals surface area contributed by atoms with Gasteiger partial charge in [-0.25, -0.2) is 4.39 Å². The number of likely N-dealkylation sites (tertiary alicyclic amines) is 1. The van der Waals surface area contributed by atoms with Gasteiger partial charge in [-0.1, -0.05) is 6.07 Å². The lowest BCUT2D eigenvalue weighted by atomic mass is 10.1. The first-order valence-corrected chi connectivity index (χ1v) is 7.46. The average Bonchev–Trinajstić information content (AvgIpc) is 2.88. The molecule has 0 saturated carbocycles. The zero-order valence-electron chi connectivity index (χ0n) is 12.7. The van der Waals surface area contributed by atoms with Crippen LogP contribution < -0.4 is 10.1 Å². The van der Waals surface area contributed by atoms with E-state index in [-0.39, 0.29) is 23.5 Å². The van der Waals surface area contributed by atoms with E-state index in [0.717, 1.165) is 38.0 Å². The second kappa shape index (κ2) is 7.41. The third-order valence-electron chi connectivity index (χ3n) is 3.90. The molecule has 0 bridgehead atoms. The second-order valence-electron chi connectivity index (χ2n) is 5.41. The molecule has 0 aromatic heterocycles. The van der Waals surface area contributed by atoms with Crippen molar-refractivity contribution < 1.29 is 13.9 Å². The number of carbonyl (C=O) groups is 1. The summed E-state index contributed by atoms with van der Waals surface area (Å²) in [4.78, 5) is 13.4. The van der Waals surface area contributed by atoms with Gasteiger partial charge >= 0.3 is 0 Å². The van der Waals surface area contributed by atoms with E-state index in [9.17, 15) is 9.18 Å². The SMILES string of the molecule is COc1ccc(C(C)NCCCN2CCCC2=O)cc1F. The molecule has 0 radical (unpaired) electrons. The number of nitrogens with one attached hydrogen (secondary N) is 1. The van der Waals surface area contributed by atoms with Gasteiger partial charge < -0.3 is 15.0 Å². The lowest BCUT2D eigenvalue weighted by molar-refractivity contribution is -0.127. The minimum absolute atomic E-state index is 0.0692. The summed E-state index contributed by atoms with van der Waals surface area (Å²) in [6.07, 6.45) is 2.58. The number of methoxy groups -OCH3 is 1. The Bertz CT molecular complexity index is 493. The Morgan fingerprint density at radius 2 is 2.29 bits per heavy atom. The van der Waals surface area contributed by atoms with Crippen molar-refractivity contribution >= 4 is 5.91 Å². The van der Waals surface area contributed by atoms with E-state index >= 15 is 0 Å². The number of carbonyl (C=O) groups excluding carboxylic acids is 1. The summed E-state index contributed by atoms with van der Waals surface area (Å²) in [5, 5.41) is 3.36. The normalized spacial score (nSPS) is 16.3. The molecule has 0 aliphatic carbocycles. The van der Waals surface area contributed by atoms with Crippen molar-refractivity contribution in [1.29, 1.82) is 0 Å². The molecule has 116 valence electrons. The van der Waals surface area contributed by atoms with E-state index in [4.69, 9.17) is 4.74 Å². The predicted molar refractivity (Wildman–Crippen MR) is 79.8 cm³/mol. The summed E-state index contributed by atoms with van der Waals surface area (Å²) in [6, 6.07) is 5.08. The zero-order chi connectivity index (χ0) is 15.2. The van der Waals surface area contributed by atoms with Gasteiger partial charge in [0, 0.05) is 25.6 Å². The minimum atomic E-state index is -0.341. The van der Waals surface area contributed by atoms with Crippen LogP contribution in [-0.4, -0.2) is 37.6 Å². The van der Waals surface area contributed by atoms with E-state index in [1.807, 2.05) is 17.9 Å². The zero-order valence-corrected chi connectivity index (χ0v) is 12.7. The van der Waals surface area contributed by atoms with Gasteiger partial charge in [0.2, 0.25) is 5.91 Å². The Balaban J connectivity index is 1.75. The maximum Gasteiger partial charge on any atom is 0.222 e. The highest BCUT2D eigenvalue weighted by Crippen LogP contribution is 2.21. The standard InChI is InChI=1S/C16H23FN2O2/c1-12(13-6-7-15(21-2)14(17)11-13)18-8-4-10-19-9-3-5-16(19)20/h6-7,11-12,18H,3-5,8-10H2,1-2H3. The number of rotatable bonds is 7.